The highest BCUT2D eigenvalue weighted by molar-refractivity contribution is 7.86. The third-order valence-electron chi connectivity index (χ3n) is 2.24. The van der Waals surface area contributed by atoms with Gasteiger partial charge in [0.2, 0.25) is 0 Å². The number of halogens is 6. The molecule has 0 aliphatic carbocycles. The maximum absolute atomic E-state index is 13.6. The first-order valence-electron chi connectivity index (χ1n) is 4.91. The highest BCUT2D eigenvalue weighted by Gasteiger charge is 2.63. The first-order chi connectivity index (χ1) is 8.88. The number of alkyl halides is 6. The average Bonchev–Trinajstić information content (AvgIpc) is 2.25. The van der Waals surface area contributed by atoms with Crippen LogP contribution < -0.4 is 4.18 Å². The first kappa shape index (κ1) is 16.6. The van der Waals surface area contributed by atoms with Crippen molar-refractivity contribution < 1.29 is 38.9 Å². The Labute approximate surface area is 110 Å². The Morgan fingerprint density at radius 1 is 1.05 bits per heavy atom. The molecule has 0 radical (unpaired) electrons. The minimum absolute atomic E-state index is 0.389. The van der Waals surface area contributed by atoms with E-state index in [1.165, 1.54) is 0 Å². The summed E-state index contributed by atoms with van der Waals surface area (Å²) in [5.41, 5.74) is -6.18. The van der Waals surface area contributed by atoms with E-state index in [-0.39, 0.29) is 0 Å². The fourth-order valence-electron chi connectivity index (χ4n) is 1.34. The Morgan fingerprint density at radius 2 is 1.50 bits per heavy atom. The van der Waals surface area contributed by atoms with E-state index < -0.39 is 39.7 Å². The zero-order valence-corrected chi connectivity index (χ0v) is 10.6. The molecule has 0 spiro atoms. The largest absolute Gasteiger partial charge is 0.432 e. The molecular weight excluding hydrogens is 314 g/mol. The maximum atomic E-state index is 13.6. The minimum Gasteiger partial charge on any atom is -0.383 e. The molecule has 1 rings (SSSR count). The number of hydrogen-bond acceptors (Lipinski definition) is 3. The summed E-state index contributed by atoms with van der Waals surface area (Å²) in [4.78, 5) is 0. The molecule has 0 heterocycles. The summed E-state index contributed by atoms with van der Waals surface area (Å²) in [5, 5.41) is 0. The predicted octanol–water partition coefficient (Wildman–Crippen LogP) is 3.02. The lowest BCUT2D eigenvalue weighted by Gasteiger charge is -2.27. The topological polar surface area (TPSA) is 43.4 Å². The molecule has 0 aromatic heterocycles. The van der Waals surface area contributed by atoms with Crippen LogP contribution in [0.4, 0.5) is 26.3 Å². The van der Waals surface area contributed by atoms with Gasteiger partial charge >= 0.3 is 16.3 Å². The van der Waals surface area contributed by atoms with E-state index in [4.69, 9.17) is 0 Å². The second kappa shape index (κ2) is 5.15. The zero-order valence-electron chi connectivity index (χ0n) is 9.79. The second-order valence-electron chi connectivity index (χ2n) is 3.82. The van der Waals surface area contributed by atoms with Crippen molar-refractivity contribution in [3.8, 4) is 5.75 Å². The normalized spacial score (nSPS) is 16.0. The van der Waals surface area contributed by atoms with Crippen molar-refractivity contribution in [2.24, 2.45) is 0 Å². The summed E-state index contributed by atoms with van der Waals surface area (Å²) in [6.45, 7) is 0. The van der Waals surface area contributed by atoms with Gasteiger partial charge in [0.1, 0.15) is 5.75 Å². The van der Waals surface area contributed by atoms with Crippen LogP contribution in [0, 0.1) is 0 Å². The van der Waals surface area contributed by atoms with E-state index in [1.807, 2.05) is 0 Å². The Hall–Kier alpha value is -1.45. The molecule has 1 unspecified atom stereocenters. The quantitative estimate of drug-likeness (QED) is 0.632. The molecule has 1 aromatic carbocycles. The van der Waals surface area contributed by atoms with Gasteiger partial charge in [-0.05, 0) is 12.1 Å². The predicted molar refractivity (Wildman–Crippen MR) is 56.8 cm³/mol. The van der Waals surface area contributed by atoms with Crippen LogP contribution in [0.25, 0.3) is 0 Å². The van der Waals surface area contributed by atoms with Crippen molar-refractivity contribution in [1.29, 1.82) is 0 Å². The molecule has 0 N–H and O–H groups in total. The zero-order chi connectivity index (χ0) is 15.8. The summed E-state index contributed by atoms with van der Waals surface area (Å²) in [7, 11) is -3.93. The molecule has 1 aromatic rings. The van der Waals surface area contributed by atoms with E-state index in [0.29, 0.717) is 30.5 Å². The van der Waals surface area contributed by atoms with Gasteiger partial charge in [0.25, 0.3) is 12.1 Å². The molecule has 0 fully saturated rings. The minimum atomic E-state index is -5.82. The van der Waals surface area contributed by atoms with Crippen LogP contribution >= 0.6 is 0 Å². The van der Waals surface area contributed by atoms with Crippen molar-refractivity contribution in [3.05, 3.63) is 29.8 Å². The van der Waals surface area contributed by atoms with E-state index in [9.17, 15) is 34.8 Å². The van der Waals surface area contributed by atoms with Gasteiger partial charge in [0.15, 0.2) is 0 Å². The molecule has 114 valence electrons. The average molecular weight is 322 g/mol. The van der Waals surface area contributed by atoms with Gasteiger partial charge < -0.3 is 4.18 Å². The number of hydrogen-bond donors (Lipinski definition) is 0. The van der Waals surface area contributed by atoms with Gasteiger partial charge in [0, 0.05) is 5.56 Å². The third kappa shape index (κ3) is 3.35. The van der Waals surface area contributed by atoms with Crippen molar-refractivity contribution in [1.82, 2.24) is 0 Å². The van der Waals surface area contributed by atoms with Crippen LogP contribution in [0.2, 0.25) is 0 Å². The van der Waals surface area contributed by atoms with E-state index in [2.05, 4.69) is 4.18 Å². The molecule has 0 saturated heterocycles. The molecular formula is C10H8F6O3S. The number of benzene rings is 1. The lowest BCUT2D eigenvalue weighted by Crippen LogP contribution is -2.44. The van der Waals surface area contributed by atoms with Gasteiger partial charge in [-0.2, -0.15) is 21.6 Å². The Balaban J connectivity index is 3.20. The maximum Gasteiger partial charge on any atom is 0.432 e. The molecule has 1 atom stereocenters. The van der Waals surface area contributed by atoms with Gasteiger partial charge in [-0.1, -0.05) is 12.1 Å². The molecule has 0 aliphatic heterocycles. The molecule has 0 saturated carbocycles. The van der Waals surface area contributed by atoms with Crippen LogP contribution in [0.5, 0.6) is 5.75 Å². The molecule has 0 aliphatic rings. The van der Waals surface area contributed by atoms with E-state index in [1.54, 1.807) is 0 Å². The van der Waals surface area contributed by atoms with Gasteiger partial charge in [-0.3, -0.25) is 0 Å². The molecule has 20 heavy (non-hydrogen) atoms. The van der Waals surface area contributed by atoms with Crippen molar-refractivity contribution in [2.75, 3.05) is 6.26 Å². The first-order valence-corrected chi connectivity index (χ1v) is 6.73. The summed E-state index contributed by atoms with van der Waals surface area (Å²) in [5.74, 6) is -0.421. The highest BCUT2D eigenvalue weighted by Crippen LogP contribution is 2.47. The summed E-state index contributed by atoms with van der Waals surface area (Å²) >= 11 is 0. The van der Waals surface area contributed by atoms with E-state index >= 15 is 0 Å². The Kier molecular flexibility index (Phi) is 4.28. The fourth-order valence-corrected chi connectivity index (χ4v) is 1.80. The molecule has 10 heteroatoms. The summed E-state index contributed by atoms with van der Waals surface area (Å²) in [6.07, 6.45) is -9.47. The second-order valence-corrected chi connectivity index (χ2v) is 5.40. The Morgan fingerprint density at radius 3 is 1.80 bits per heavy atom. The highest BCUT2D eigenvalue weighted by atomic mass is 32.2. The van der Waals surface area contributed by atoms with Crippen LogP contribution in [0.15, 0.2) is 24.3 Å². The standard InChI is InChI=1S/C10H8F6O3S/c1-20(17,18)19-7-4-2-6(3-5-7)9(13,8(11)12)10(14,15)16/h2-5,8H,1H3. The molecule has 0 amide bonds. The third-order valence-corrected chi connectivity index (χ3v) is 2.73. The van der Waals surface area contributed by atoms with Crippen LogP contribution in [-0.2, 0) is 15.8 Å². The number of rotatable bonds is 4. The lowest BCUT2D eigenvalue weighted by atomic mass is 9.95. The van der Waals surface area contributed by atoms with Crippen LogP contribution in [0.3, 0.4) is 0 Å². The SMILES string of the molecule is CS(=O)(=O)Oc1ccc(C(F)(C(F)F)C(F)(F)F)cc1. The van der Waals surface area contributed by atoms with Gasteiger partial charge in [-0.25, -0.2) is 13.2 Å². The van der Waals surface area contributed by atoms with Crippen molar-refractivity contribution >= 4 is 10.1 Å². The fraction of sp³-hybridized carbons (Fsp3) is 0.400. The molecule has 0 bridgehead atoms. The monoisotopic (exact) mass is 322 g/mol. The van der Waals surface area contributed by atoms with Crippen LogP contribution in [-0.4, -0.2) is 27.3 Å². The van der Waals surface area contributed by atoms with Crippen molar-refractivity contribution in [2.45, 2.75) is 18.3 Å². The summed E-state index contributed by atoms with van der Waals surface area (Å²) < 4.78 is 102. The van der Waals surface area contributed by atoms with Crippen molar-refractivity contribution in [3.63, 3.8) is 0 Å². The Bertz CT molecular complexity index is 566. The van der Waals surface area contributed by atoms with Gasteiger partial charge in [-0.15, -0.1) is 0 Å². The molecule has 3 nitrogen and oxygen atoms in total. The lowest BCUT2D eigenvalue weighted by molar-refractivity contribution is -0.274. The summed E-state index contributed by atoms with van der Waals surface area (Å²) in [6, 6.07) is 2.08. The van der Waals surface area contributed by atoms with E-state index in [0.717, 1.165) is 0 Å². The van der Waals surface area contributed by atoms with Gasteiger partial charge in [0.05, 0.1) is 6.26 Å². The van der Waals surface area contributed by atoms with Crippen LogP contribution in [0.1, 0.15) is 5.56 Å². The smallest absolute Gasteiger partial charge is 0.383 e.